The minimum absolute atomic E-state index is 0.278. The van der Waals surface area contributed by atoms with E-state index in [2.05, 4.69) is 19.2 Å². The molecule has 1 unspecified atom stereocenters. The van der Waals surface area contributed by atoms with Gasteiger partial charge < -0.3 is 4.74 Å². The van der Waals surface area contributed by atoms with E-state index in [1.165, 1.54) is 0 Å². The van der Waals surface area contributed by atoms with E-state index in [9.17, 15) is 4.79 Å². The van der Waals surface area contributed by atoms with E-state index in [1.807, 2.05) is 0 Å². The van der Waals surface area contributed by atoms with Gasteiger partial charge in [-0.3, -0.25) is 4.79 Å². The van der Waals surface area contributed by atoms with Crippen LogP contribution in [-0.2, 0) is 9.53 Å². The van der Waals surface area contributed by atoms with Crippen LogP contribution in [0.4, 0.5) is 0 Å². The Hall–Kier alpha value is -0.440. The van der Waals surface area contributed by atoms with Crippen LogP contribution in [0.3, 0.4) is 0 Å². The maximum atomic E-state index is 10.7. The summed E-state index contributed by atoms with van der Waals surface area (Å²) in [6.45, 7) is 7.27. The minimum atomic E-state index is -0.459. The van der Waals surface area contributed by atoms with Crippen LogP contribution >= 0.6 is 12.6 Å². The Morgan fingerprint density at radius 1 is 1.80 bits per heavy atom. The summed E-state index contributed by atoms with van der Waals surface area (Å²) >= 11 is 4.65. The van der Waals surface area contributed by atoms with Crippen LogP contribution in [0.15, 0.2) is 12.2 Å². The number of esters is 1. The van der Waals surface area contributed by atoms with Crippen molar-refractivity contribution in [2.45, 2.75) is 19.1 Å². The second-order valence-corrected chi connectivity index (χ2v) is 2.91. The van der Waals surface area contributed by atoms with Crippen LogP contribution in [0.2, 0.25) is 0 Å². The molecule has 0 aliphatic rings. The van der Waals surface area contributed by atoms with Gasteiger partial charge in [0.15, 0.2) is 0 Å². The van der Waals surface area contributed by atoms with Gasteiger partial charge in [-0.15, -0.1) is 0 Å². The van der Waals surface area contributed by atoms with Crippen LogP contribution < -0.4 is 0 Å². The smallest absolute Gasteiger partial charge is 0.319 e. The molecule has 0 saturated carbocycles. The first-order valence-corrected chi connectivity index (χ1v) is 3.48. The zero-order valence-corrected chi connectivity index (χ0v) is 7.03. The second-order valence-electron chi connectivity index (χ2n) is 2.21. The Morgan fingerprint density at radius 3 is 2.60 bits per heavy atom. The Balaban J connectivity index is 3.50. The van der Waals surface area contributed by atoms with Crippen molar-refractivity contribution >= 4 is 18.6 Å². The van der Waals surface area contributed by atoms with Gasteiger partial charge in [-0.2, -0.15) is 0 Å². The molecule has 0 saturated heterocycles. The summed E-state index contributed by atoms with van der Waals surface area (Å²) in [5.41, 5.74) is 0.823. The van der Waals surface area contributed by atoms with E-state index in [-0.39, 0.29) is 12.6 Å². The molecule has 0 aromatic carbocycles. The zero-order chi connectivity index (χ0) is 8.15. The lowest BCUT2D eigenvalue weighted by molar-refractivity contribution is -0.141. The second kappa shape index (κ2) is 4.39. The van der Waals surface area contributed by atoms with Crippen LogP contribution in [0.1, 0.15) is 13.8 Å². The summed E-state index contributed by atoms with van der Waals surface area (Å²) in [6, 6.07) is 0. The maximum absolute atomic E-state index is 10.7. The average Bonchev–Trinajstić information content (AvgIpc) is 1.82. The lowest BCUT2D eigenvalue weighted by Gasteiger charge is -2.04. The highest BCUT2D eigenvalue weighted by Crippen LogP contribution is 1.97. The third-order valence-electron chi connectivity index (χ3n) is 0.793. The van der Waals surface area contributed by atoms with E-state index in [0.29, 0.717) is 0 Å². The molecule has 0 fully saturated rings. The molecular formula is C7H11O2S. The summed E-state index contributed by atoms with van der Waals surface area (Å²) in [6.07, 6.45) is 0. The largest absolute Gasteiger partial charge is 0.460 e. The van der Waals surface area contributed by atoms with Crippen LogP contribution in [0, 0.1) is 0 Å². The summed E-state index contributed by atoms with van der Waals surface area (Å²) in [5.74, 6) is -0.349. The molecule has 1 radical (unpaired) electrons. The highest BCUT2D eigenvalue weighted by molar-refractivity contribution is 7.81. The van der Waals surface area contributed by atoms with Gasteiger partial charge in [0.05, 0.1) is 0 Å². The highest BCUT2D eigenvalue weighted by atomic mass is 32.1. The molecule has 0 heterocycles. The van der Waals surface area contributed by atoms with E-state index in [4.69, 9.17) is 4.74 Å². The van der Waals surface area contributed by atoms with Gasteiger partial charge in [-0.05, 0) is 19.4 Å². The Bertz CT molecular complexity index is 141. The lowest BCUT2D eigenvalue weighted by Crippen LogP contribution is -2.15. The quantitative estimate of drug-likeness (QED) is 0.462. The van der Waals surface area contributed by atoms with Gasteiger partial charge in [-0.25, -0.2) is 0 Å². The molecule has 1 atom stereocenters. The molecule has 57 valence electrons. The summed E-state index contributed by atoms with van der Waals surface area (Å²) < 4.78 is 4.72. The van der Waals surface area contributed by atoms with Crippen molar-refractivity contribution in [2.75, 3.05) is 6.61 Å². The molecule has 0 N–H and O–H groups in total. The molecule has 0 spiro atoms. The normalized spacial score (nSPS) is 12.3. The third-order valence-corrected chi connectivity index (χ3v) is 0.985. The van der Waals surface area contributed by atoms with Gasteiger partial charge in [0, 0.05) is 0 Å². The standard InChI is InChI=1S/C7H11O2S/c1-5(2)4-9-7(8)6(3)10/h6H,1,4H2,2-3H3. The van der Waals surface area contributed by atoms with Crippen molar-refractivity contribution in [2.24, 2.45) is 0 Å². The Morgan fingerprint density at radius 2 is 2.30 bits per heavy atom. The molecular weight excluding hydrogens is 148 g/mol. The number of hydrogen-bond donors (Lipinski definition) is 0. The monoisotopic (exact) mass is 159 g/mol. The maximum Gasteiger partial charge on any atom is 0.319 e. The topological polar surface area (TPSA) is 26.3 Å². The fraction of sp³-hybridized carbons (Fsp3) is 0.571. The zero-order valence-electron chi connectivity index (χ0n) is 6.22. The summed E-state index contributed by atoms with van der Waals surface area (Å²) in [5, 5.41) is -0.459. The predicted octanol–water partition coefficient (Wildman–Crippen LogP) is 1.69. The van der Waals surface area contributed by atoms with Crippen molar-refractivity contribution in [1.29, 1.82) is 0 Å². The van der Waals surface area contributed by atoms with Crippen LogP contribution in [-0.4, -0.2) is 17.8 Å². The van der Waals surface area contributed by atoms with E-state index < -0.39 is 5.25 Å². The van der Waals surface area contributed by atoms with E-state index >= 15 is 0 Å². The van der Waals surface area contributed by atoms with Crippen molar-refractivity contribution in [3.8, 4) is 0 Å². The van der Waals surface area contributed by atoms with Crippen molar-refractivity contribution in [3.05, 3.63) is 12.2 Å². The summed E-state index contributed by atoms with van der Waals surface area (Å²) in [7, 11) is 0. The molecule has 0 aromatic rings. The number of ether oxygens (including phenoxy) is 1. The number of carbonyl (C=O) groups excluding carboxylic acids is 1. The molecule has 0 aliphatic heterocycles. The Labute approximate surface area is 66.7 Å². The number of hydrogen-bond acceptors (Lipinski definition) is 2. The van der Waals surface area contributed by atoms with Crippen LogP contribution in [0.25, 0.3) is 0 Å². The molecule has 2 nitrogen and oxygen atoms in total. The molecule has 0 amide bonds. The third kappa shape index (κ3) is 4.44. The van der Waals surface area contributed by atoms with Gasteiger partial charge in [0.1, 0.15) is 11.9 Å². The van der Waals surface area contributed by atoms with Gasteiger partial charge in [0.2, 0.25) is 0 Å². The molecule has 0 aliphatic carbocycles. The molecule has 3 heteroatoms. The Kier molecular flexibility index (Phi) is 4.19. The van der Waals surface area contributed by atoms with Crippen LogP contribution in [0.5, 0.6) is 0 Å². The minimum Gasteiger partial charge on any atom is -0.460 e. The summed E-state index contributed by atoms with van der Waals surface area (Å²) in [4.78, 5) is 10.7. The van der Waals surface area contributed by atoms with Gasteiger partial charge >= 0.3 is 5.97 Å². The molecule has 0 rings (SSSR count). The lowest BCUT2D eigenvalue weighted by atomic mass is 10.4. The van der Waals surface area contributed by atoms with Gasteiger partial charge in [0.25, 0.3) is 0 Å². The first-order chi connectivity index (χ1) is 4.54. The fourth-order valence-corrected chi connectivity index (χ4v) is 0.380. The number of rotatable bonds is 3. The molecule has 10 heavy (non-hydrogen) atoms. The van der Waals surface area contributed by atoms with Crippen molar-refractivity contribution < 1.29 is 9.53 Å². The first-order valence-electron chi connectivity index (χ1n) is 3.01. The van der Waals surface area contributed by atoms with Crippen molar-refractivity contribution in [1.82, 2.24) is 0 Å². The fourth-order valence-electron chi connectivity index (χ4n) is 0.312. The predicted molar refractivity (Wildman–Crippen MR) is 42.8 cm³/mol. The average molecular weight is 159 g/mol. The SMILES string of the molecule is C=C(C)COC(=O)C(C)[S]. The van der Waals surface area contributed by atoms with Gasteiger partial charge in [-0.1, -0.05) is 19.2 Å². The highest BCUT2D eigenvalue weighted by Gasteiger charge is 2.08. The van der Waals surface area contributed by atoms with Crippen molar-refractivity contribution in [3.63, 3.8) is 0 Å². The first kappa shape index (κ1) is 9.56. The van der Waals surface area contributed by atoms with E-state index in [0.717, 1.165) is 5.57 Å². The van der Waals surface area contributed by atoms with E-state index in [1.54, 1.807) is 13.8 Å². The number of carbonyl (C=O) groups is 1. The molecule has 0 bridgehead atoms. The molecule has 0 aromatic heterocycles.